The molecular weight excluding hydrogens is 420 g/mol. The molecule has 1 N–H and O–H groups in total. The fourth-order valence-electron chi connectivity index (χ4n) is 5.72. The lowest BCUT2D eigenvalue weighted by Gasteiger charge is -2.35. The van der Waals surface area contributed by atoms with Gasteiger partial charge in [0.05, 0.1) is 11.4 Å². The van der Waals surface area contributed by atoms with Crippen LogP contribution in [-0.4, -0.2) is 48.5 Å². The van der Waals surface area contributed by atoms with Gasteiger partial charge in [-0.2, -0.15) is 0 Å². The third-order valence-corrected chi connectivity index (χ3v) is 7.73. The maximum Gasteiger partial charge on any atom is 0.232 e. The van der Waals surface area contributed by atoms with E-state index in [0.29, 0.717) is 5.92 Å². The molecule has 0 bridgehead atoms. The summed E-state index contributed by atoms with van der Waals surface area (Å²) in [6.45, 7) is 9.68. The van der Waals surface area contributed by atoms with Crippen LogP contribution in [0, 0.1) is 12.8 Å². The van der Waals surface area contributed by atoms with Gasteiger partial charge in [0.15, 0.2) is 0 Å². The van der Waals surface area contributed by atoms with E-state index in [1.807, 2.05) is 24.3 Å². The van der Waals surface area contributed by atoms with Crippen LogP contribution in [0.4, 0.5) is 11.5 Å². The number of carbonyl (C=O) groups excluding carboxylic acids is 1. The molecule has 0 radical (unpaired) electrons. The van der Waals surface area contributed by atoms with Crippen molar-refractivity contribution in [3.63, 3.8) is 0 Å². The number of hydrogen-bond acceptors (Lipinski definition) is 4. The standard InChI is InChI=1S/C29H36N4O/c1-3-32-15-17-33(18-16-32)27-19-21(2)25-20-24(13-14-26(25)31-27)30-29(34)28(23-11-7-8-12-23)22-9-5-4-6-10-22/h4-6,9-10,13-14,19-20,23,28H,3,7-8,11-12,15-18H2,1-2H3,(H,30,34)/t28-/m1/s1. The summed E-state index contributed by atoms with van der Waals surface area (Å²) in [5.41, 5.74) is 4.16. The van der Waals surface area contributed by atoms with E-state index in [-0.39, 0.29) is 11.8 Å². The summed E-state index contributed by atoms with van der Waals surface area (Å²) in [6.07, 6.45) is 4.70. The van der Waals surface area contributed by atoms with Crippen molar-refractivity contribution in [2.75, 3.05) is 42.9 Å². The van der Waals surface area contributed by atoms with Crippen LogP contribution in [0.15, 0.2) is 54.6 Å². The Morgan fingerprint density at radius 2 is 1.76 bits per heavy atom. The molecule has 0 unspecified atom stereocenters. The number of rotatable bonds is 6. The molecule has 5 rings (SSSR count). The minimum absolute atomic E-state index is 0.0946. The van der Waals surface area contributed by atoms with Crippen molar-refractivity contribution in [3.05, 3.63) is 65.7 Å². The Hall–Kier alpha value is -2.92. The van der Waals surface area contributed by atoms with Crippen molar-refractivity contribution in [2.45, 2.75) is 45.4 Å². The highest BCUT2D eigenvalue weighted by atomic mass is 16.1. The Kier molecular flexibility index (Phi) is 6.82. The molecule has 34 heavy (non-hydrogen) atoms. The Labute approximate surface area is 203 Å². The van der Waals surface area contributed by atoms with E-state index in [4.69, 9.17) is 4.98 Å². The van der Waals surface area contributed by atoms with Crippen LogP contribution >= 0.6 is 0 Å². The van der Waals surface area contributed by atoms with Gasteiger partial charge in [-0.3, -0.25) is 4.79 Å². The number of aryl methyl sites for hydroxylation is 1. The van der Waals surface area contributed by atoms with E-state index >= 15 is 0 Å². The van der Waals surface area contributed by atoms with Gasteiger partial charge in [-0.1, -0.05) is 50.1 Å². The Morgan fingerprint density at radius 3 is 2.47 bits per heavy atom. The molecule has 1 saturated carbocycles. The van der Waals surface area contributed by atoms with Crippen molar-refractivity contribution in [2.24, 2.45) is 5.92 Å². The first-order valence-electron chi connectivity index (χ1n) is 12.9. The fraction of sp³-hybridized carbons (Fsp3) is 0.448. The molecule has 5 heteroatoms. The van der Waals surface area contributed by atoms with E-state index in [0.717, 1.165) is 73.5 Å². The number of likely N-dealkylation sites (N-methyl/N-ethyl adjacent to an activating group) is 1. The second-order valence-corrected chi connectivity index (χ2v) is 9.87. The van der Waals surface area contributed by atoms with Gasteiger partial charge in [0, 0.05) is 37.3 Å². The van der Waals surface area contributed by atoms with Crippen LogP contribution in [0.5, 0.6) is 0 Å². The number of nitrogens with zero attached hydrogens (tertiary/aromatic N) is 3. The number of benzene rings is 2. The second-order valence-electron chi connectivity index (χ2n) is 9.87. The van der Waals surface area contributed by atoms with E-state index in [9.17, 15) is 4.79 Å². The van der Waals surface area contributed by atoms with Gasteiger partial charge in [0.25, 0.3) is 0 Å². The highest BCUT2D eigenvalue weighted by molar-refractivity contribution is 5.98. The van der Waals surface area contributed by atoms with E-state index in [2.05, 4.69) is 59.3 Å². The Balaban J connectivity index is 1.36. The van der Waals surface area contributed by atoms with E-state index < -0.39 is 0 Å². The van der Waals surface area contributed by atoms with Gasteiger partial charge in [-0.05, 0) is 67.6 Å². The summed E-state index contributed by atoms with van der Waals surface area (Å²) in [7, 11) is 0. The van der Waals surface area contributed by atoms with Crippen molar-refractivity contribution >= 4 is 28.3 Å². The van der Waals surface area contributed by atoms with E-state index in [1.165, 1.54) is 18.4 Å². The van der Waals surface area contributed by atoms with Crippen molar-refractivity contribution in [3.8, 4) is 0 Å². The smallest absolute Gasteiger partial charge is 0.232 e. The minimum Gasteiger partial charge on any atom is -0.354 e. The third-order valence-electron chi connectivity index (χ3n) is 7.73. The maximum absolute atomic E-state index is 13.5. The molecule has 2 fully saturated rings. The van der Waals surface area contributed by atoms with Gasteiger partial charge >= 0.3 is 0 Å². The summed E-state index contributed by atoms with van der Waals surface area (Å²) in [6, 6.07) is 18.6. The highest BCUT2D eigenvalue weighted by Crippen LogP contribution is 2.38. The highest BCUT2D eigenvalue weighted by Gasteiger charge is 2.32. The monoisotopic (exact) mass is 456 g/mol. The molecule has 3 aromatic rings. The van der Waals surface area contributed by atoms with Gasteiger partial charge in [-0.25, -0.2) is 4.98 Å². The molecule has 2 aliphatic rings. The Morgan fingerprint density at radius 1 is 1.03 bits per heavy atom. The number of aromatic nitrogens is 1. The number of piperazine rings is 1. The normalized spacial score (nSPS) is 18.4. The number of nitrogens with one attached hydrogen (secondary N) is 1. The summed E-state index contributed by atoms with van der Waals surface area (Å²) >= 11 is 0. The SMILES string of the molecule is CCN1CCN(c2cc(C)c3cc(NC(=O)[C@H](c4ccccc4)C4CCCC4)ccc3n2)CC1. The predicted octanol–water partition coefficient (Wildman–Crippen LogP) is 5.60. The quantitative estimate of drug-likeness (QED) is 0.525. The zero-order valence-corrected chi connectivity index (χ0v) is 20.5. The number of hydrogen-bond donors (Lipinski definition) is 1. The topological polar surface area (TPSA) is 48.5 Å². The van der Waals surface area contributed by atoms with Crippen LogP contribution < -0.4 is 10.2 Å². The number of pyridine rings is 1. The first-order chi connectivity index (χ1) is 16.6. The lowest BCUT2D eigenvalue weighted by molar-refractivity contribution is -0.118. The number of fused-ring (bicyclic) bond motifs is 1. The van der Waals surface area contributed by atoms with Crippen molar-refractivity contribution in [1.82, 2.24) is 9.88 Å². The molecule has 1 amide bonds. The number of anilines is 2. The zero-order chi connectivity index (χ0) is 23.5. The average molecular weight is 457 g/mol. The van der Waals surface area contributed by atoms with Gasteiger partial charge in [0.2, 0.25) is 5.91 Å². The minimum atomic E-state index is -0.0946. The van der Waals surface area contributed by atoms with Crippen LogP contribution in [-0.2, 0) is 4.79 Å². The molecule has 1 aromatic heterocycles. The summed E-state index contributed by atoms with van der Waals surface area (Å²) in [5.74, 6) is 1.49. The molecule has 1 saturated heterocycles. The maximum atomic E-state index is 13.5. The van der Waals surface area contributed by atoms with Crippen LogP contribution in [0.2, 0.25) is 0 Å². The molecule has 2 aromatic carbocycles. The average Bonchev–Trinajstić information content (AvgIpc) is 3.39. The van der Waals surface area contributed by atoms with Crippen LogP contribution in [0.25, 0.3) is 10.9 Å². The molecule has 0 spiro atoms. The Bertz CT molecular complexity index is 1130. The first kappa shape index (κ1) is 22.9. The van der Waals surface area contributed by atoms with Crippen molar-refractivity contribution in [1.29, 1.82) is 0 Å². The first-order valence-corrected chi connectivity index (χ1v) is 12.9. The molecule has 1 aliphatic carbocycles. The molecular formula is C29H36N4O. The molecule has 2 heterocycles. The number of carbonyl (C=O) groups is 1. The largest absolute Gasteiger partial charge is 0.354 e. The summed E-state index contributed by atoms with van der Waals surface area (Å²) in [5, 5.41) is 4.35. The fourth-order valence-corrected chi connectivity index (χ4v) is 5.72. The zero-order valence-electron chi connectivity index (χ0n) is 20.5. The molecule has 178 valence electrons. The van der Waals surface area contributed by atoms with Gasteiger partial charge in [-0.15, -0.1) is 0 Å². The van der Waals surface area contributed by atoms with Crippen LogP contribution in [0.1, 0.15) is 49.7 Å². The molecule has 1 atom stereocenters. The third kappa shape index (κ3) is 4.80. The lowest BCUT2D eigenvalue weighted by Crippen LogP contribution is -2.46. The summed E-state index contributed by atoms with van der Waals surface area (Å²) in [4.78, 5) is 23.3. The van der Waals surface area contributed by atoms with Crippen molar-refractivity contribution < 1.29 is 4.79 Å². The van der Waals surface area contributed by atoms with Crippen LogP contribution in [0.3, 0.4) is 0 Å². The second kappa shape index (κ2) is 10.1. The molecule has 5 nitrogen and oxygen atoms in total. The summed E-state index contributed by atoms with van der Waals surface area (Å²) < 4.78 is 0. The molecule has 1 aliphatic heterocycles. The van der Waals surface area contributed by atoms with Gasteiger partial charge < -0.3 is 15.1 Å². The lowest BCUT2D eigenvalue weighted by atomic mass is 9.84. The number of amides is 1. The van der Waals surface area contributed by atoms with E-state index in [1.54, 1.807) is 0 Å². The van der Waals surface area contributed by atoms with Gasteiger partial charge in [0.1, 0.15) is 5.82 Å². The predicted molar refractivity (Wildman–Crippen MR) is 141 cm³/mol.